The van der Waals surface area contributed by atoms with Gasteiger partial charge in [-0.3, -0.25) is 0 Å². The number of aliphatic hydroxyl groups is 5. The van der Waals surface area contributed by atoms with Gasteiger partial charge in [-0.05, 0) is 12.8 Å². The lowest BCUT2D eigenvalue weighted by Gasteiger charge is -1.96. The lowest BCUT2D eigenvalue weighted by Crippen LogP contribution is -2.15. The minimum Gasteiger partial charge on any atom is -0.400 e. The minimum absolute atomic E-state index is 0.365. The maximum absolute atomic E-state index is 8.17. The molecule has 2 aliphatic carbocycles. The van der Waals surface area contributed by atoms with Crippen LogP contribution in [0.5, 0.6) is 0 Å². The van der Waals surface area contributed by atoms with Crippen molar-refractivity contribution in [2.24, 2.45) is 0 Å². The van der Waals surface area contributed by atoms with E-state index in [0.29, 0.717) is 0 Å². The standard InChI is InChI=1S/2C5H6.C3H8O3.2CH4O/c2*1-2-4-5-3-1;4-1-3(6)2-5;2*1-2/h2*1-4H,5H2;3-6H,1-2H2;2*2H,1H3. The number of hydrogen-bond acceptors (Lipinski definition) is 5. The van der Waals surface area contributed by atoms with Crippen molar-refractivity contribution >= 4 is 0 Å². The molecule has 5 N–H and O–H groups in total. The van der Waals surface area contributed by atoms with Crippen LogP contribution in [0.4, 0.5) is 0 Å². The zero-order valence-corrected chi connectivity index (χ0v) is 12.3. The average molecular weight is 288 g/mol. The Balaban J connectivity index is -0.000000193. The Hall–Kier alpha value is -1.24. The third-order valence-corrected chi connectivity index (χ3v) is 1.73. The molecule has 0 fully saturated rings. The number of hydrogen-bond donors (Lipinski definition) is 5. The summed E-state index contributed by atoms with van der Waals surface area (Å²) in [5, 5.41) is 38.0. The highest BCUT2D eigenvalue weighted by atomic mass is 16.3. The van der Waals surface area contributed by atoms with E-state index in [-0.39, 0.29) is 13.2 Å². The Bertz CT molecular complexity index is 211. The topological polar surface area (TPSA) is 101 Å². The molecular weight excluding hydrogens is 260 g/mol. The van der Waals surface area contributed by atoms with Crippen LogP contribution in [-0.2, 0) is 0 Å². The van der Waals surface area contributed by atoms with Gasteiger partial charge < -0.3 is 25.5 Å². The van der Waals surface area contributed by atoms with E-state index < -0.39 is 6.10 Å². The van der Waals surface area contributed by atoms with Gasteiger partial charge in [0, 0.05) is 14.2 Å². The first kappa shape index (κ1) is 23.8. The summed E-state index contributed by atoms with van der Waals surface area (Å²) in [6.07, 6.45) is 18.0. The van der Waals surface area contributed by atoms with Gasteiger partial charge in [0.05, 0.1) is 13.2 Å². The van der Waals surface area contributed by atoms with E-state index in [0.717, 1.165) is 27.1 Å². The van der Waals surface area contributed by atoms with Gasteiger partial charge in [0.1, 0.15) is 6.10 Å². The average Bonchev–Trinajstić information content (AvgIpc) is 3.27. The number of rotatable bonds is 2. The van der Waals surface area contributed by atoms with Crippen LogP contribution in [-0.4, -0.2) is 59.1 Å². The molecule has 5 heteroatoms. The molecule has 0 aromatic heterocycles. The minimum atomic E-state index is -0.954. The second kappa shape index (κ2) is 26.3. The Morgan fingerprint density at radius 1 is 0.700 bits per heavy atom. The molecule has 0 aromatic rings. The van der Waals surface area contributed by atoms with Gasteiger partial charge >= 0.3 is 0 Å². The zero-order valence-electron chi connectivity index (χ0n) is 12.3. The molecule has 20 heavy (non-hydrogen) atoms. The maximum atomic E-state index is 8.17. The Kier molecular flexibility index (Phi) is 31.4. The molecule has 0 saturated carbocycles. The molecule has 118 valence electrons. The summed E-state index contributed by atoms with van der Waals surface area (Å²) < 4.78 is 0. The second-order valence-electron chi connectivity index (χ2n) is 3.20. The smallest absolute Gasteiger partial charge is 0.100 e. The molecule has 0 aliphatic heterocycles. The van der Waals surface area contributed by atoms with Crippen LogP contribution in [0, 0.1) is 0 Å². The van der Waals surface area contributed by atoms with Crippen LogP contribution in [0.2, 0.25) is 0 Å². The molecule has 0 radical (unpaired) electrons. The van der Waals surface area contributed by atoms with Gasteiger partial charge in [-0.2, -0.15) is 0 Å². The molecule has 0 unspecified atom stereocenters. The summed E-state index contributed by atoms with van der Waals surface area (Å²) in [7, 11) is 2.00. The molecule has 0 aromatic carbocycles. The molecule has 5 nitrogen and oxygen atoms in total. The quantitative estimate of drug-likeness (QED) is 0.511. The van der Waals surface area contributed by atoms with E-state index in [1.165, 1.54) is 0 Å². The normalized spacial score (nSPS) is 12.4. The van der Waals surface area contributed by atoms with Crippen LogP contribution in [0.3, 0.4) is 0 Å². The van der Waals surface area contributed by atoms with Crippen molar-refractivity contribution in [3.05, 3.63) is 48.6 Å². The van der Waals surface area contributed by atoms with Crippen molar-refractivity contribution in [2.45, 2.75) is 18.9 Å². The summed E-state index contributed by atoms with van der Waals surface area (Å²) in [6.45, 7) is -0.729. The number of allylic oxidation sites excluding steroid dienone is 8. The van der Waals surface area contributed by atoms with Gasteiger partial charge in [-0.15, -0.1) is 0 Å². The van der Waals surface area contributed by atoms with Gasteiger partial charge in [-0.25, -0.2) is 0 Å². The molecule has 0 amide bonds. The first-order valence-corrected chi connectivity index (χ1v) is 6.23. The predicted octanol–water partition coefficient (Wildman–Crippen LogP) is 0.554. The fourth-order valence-corrected chi connectivity index (χ4v) is 0.843. The Morgan fingerprint density at radius 3 is 1.00 bits per heavy atom. The van der Waals surface area contributed by atoms with E-state index in [4.69, 9.17) is 25.5 Å². The first-order chi connectivity index (χ1) is 9.81. The number of aliphatic hydroxyl groups excluding tert-OH is 5. The summed E-state index contributed by atoms with van der Waals surface area (Å²) in [5.41, 5.74) is 0. The molecule has 2 aliphatic rings. The van der Waals surface area contributed by atoms with Crippen molar-refractivity contribution in [2.75, 3.05) is 27.4 Å². The van der Waals surface area contributed by atoms with Crippen LogP contribution >= 0.6 is 0 Å². The highest BCUT2D eigenvalue weighted by molar-refractivity contribution is 5.12. The van der Waals surface area contributed by atoms with E-state index in [1.54, 1.807) is 0 Å². The fraction of sp³-hybridized carbons (Fsp3) is 0.467. The van der Waals surface area contributed by atoms with E-state index >= 15 is 0 Å². The molecular formula is C15H28O5. The monoisotopic (exact) mass is 288 g/mol. The highest BCUT2D eigenvalue weighted by Crippen LogP contribution is 1.93. The predicted molar refractivity (Wildman–Crippen MR) is 82.3 cm³/mol. The van der Waals surface area contributed by atoms with E-state index in [1.807, 2.05) is 0 Å². The summed E-state index contributed by atoms with van der Waals surface area (Å²) in [4.78, 5) is 0. The first-order valence-electron chi connectivity index (χ1n) is 6.23. The second-order valence-corrected chi connectivity index (χ2v) is 3.20. The Morgan fingerprint density at radius 2 is 0.950 bits per heavy atom. The van der Waals surface area contributed by atoms with Gasteiger partial charge in [-0.1, -0.05) is 48.6 Å². The van der Waals surface area contributed by atoms with Gasteiger partial charge in [0.15, 0.2) is 0 Å². The van der Waals surface area contributed by atoms with Crippen molar-refractivity contribution in [3.8, 4) is 0 Å². The Labute approximate surface area is 121 Å². The fourth-order valence-electron chi connectivity index (χ4n) is 0.843. The largest absolute Gasteiger partial charge is 0.400 e. The SMILES string of the molecule is C1=CCC=C1.C1=CCC=C1.CO.CO.OCC(O)CO. The highest BCUT2D eigenvalue weighted by Gasteiger charge is 1.93. The van der Waals surface area contributed by atoms with Crippen molar-refractivity contribution in [1.82, 2.24) is 0 Å². The molecule has 0 bridgehead atoms. The summed E-state index contributed by atoms with van der Waals surface area (Å²) in [5.74, 6) is 0. The van der Waals surface area contributed by atoms with E-state index in [9.17, 15) is 0 Å². The van der Waals surface area contributed by atoms with E-state index in [2.05, 4.69) is 48.6 Å². The van der Waals surface area contributed by atoms with Gasteiger partial charge in [0.2, 0.25) is 0 Å². The molecule has 0 atom stereocenters. The van der Waals surface area contributed by atoms with Crippen molar-refractivity contribution < 1.29 is 25.5 Å². The summed E-state index contributed by atoms with van der Waals surface area (Å²) in [6, 6.07) is 0. The third kappa shape index (κ3) is 25.6. The van der Waals surface area contributed by atoms with Crippen molar-refractivity contribution in [1.29, 1.82) is 0 Å². The van der Waals surface area contributed by atoms with Crippen LogP contribution in [0.15, 0.2) is 48.6 Å². The van der Waals surface area contributed by atoms with Crippen LogP contribution in [0.25, 0.3) is 0 Å². The third-order valence-electron chi connectivity index (χ3n) is 1.73. The lowest BCUT2D eigenvalue weighted by molar-refractivity contribution is 0.0450. The molecule has 2 rings (SSSR count). The van der Waals surface area contributed by atoms with Crippen molar-refractivity contribution in [3.63, 3.8) is 0 Å². The van der Waals surface area contributed by atoms with Crippen LogP contribution in [0.1, 0.15) is 12.8 Å². The lowest BCUT2D eigenvalue weighted by atomic mass is 10.4. The molecule has 0 saturated heterocycles. The summed E-state index contributed by atoms with van der Waals surface area (Å²) >= 11 is 0. The van der Waals surface area contributed by atoms with Crippen LogP contribution < -0.4 is 0 Å². The zero-order chi connectivity index (χ0) is 16.1. The molecule has 0 heterocycles. The molecule has 0 spiro atoms. The maximum Gasteiger partial charge on any atom is 0.100 e. The van der Waals surface area contributed by atoms with Gasteiger partial charge in [0.25, 0.3) is 0 Å².